The lowest BCUT2D eigenvalue weighted by atomic mass is 9.98. The number of amides is 5. The van der Waals surface area contributed by atoms with Gasteiger partial charge >= 0.3 is 0 Å². The molecule has 2 aromatic rings. The summed E-state index contributed by atoms with van der Waals surface area (Å²) in [5.41, 5.74) is 12.8. The Morgan fingerprint density at radius 3 is 1.42 bits per heavy atom. The average molecular weight is 595 g/mol. The maximum absolute atomic E-state index is 13.7. The molecule has 11 nitrogen and oxygen atoms in total. The van der Waals surface area contributed by atoms with E-state index in [4.69, 9.17) is 11.5 Å². The maximum Gasteiger partial charge on any atom is 0.243 e. The van der Waals surface area contributed by atoms with E-state index in [1.807, 2.05) is 74.5 Å². The number of nitrogens with two attached hydrogens (primary N) is 2. The van der Waals surface area contributed by atoms with E-state index in [9.17, 15) is 24.0 Å². The summed E-state index contributed by atoms with van der Waals surface area (Å²) < 4.78 is 0. The van der Waals surface area contributed by atoms with Gasteiger partial charge in [0.2, 0.25) is 29.5 Å². The fourth-order valence-electron chi connectivity index (χ4n) is 4.46. The standard InChI is InChI=1S/C32H46N6O5/c1-19(2)16-24(28(34)39)35-32(43)27(20(3)4)38-31(42)26(18-23-14-10-7-11-15-23)37-30(41)25(36-29(40)21(5)33)17-22-12-8-6-9-13-22/h6-15,19-21,24-27H,16-18,33H2,1-5H3,(H2,34,39)(H,35,43)(H,36,40)(H,37,41)(H,38,42)/t21-,24-,25-,26-,27-/m1/s1. The second kappa shape index (κ2) is 17.0. The van der Waals surface area contributed by atoms with Crippen LogP contribution in [0.5, 0.6) is 0 Å². The lowest BCUT2D eigenvalue weighted by Gasteiger charge is -2.28. The van der Waals surface area contributed by atoms with Crippen molar-refractivity contribution in [3.05, 3.63) is 71.8 Å². The van der Waals surface area contributed by atoms with Crippen molar-refractivity contribution in [3.63, 3.8) is 0 Å². The first-order valence-electron chi connectivity index (χ1n) is 14.6. The van der Waals surface area contributed by atoms with Crippen LogP contribution in [0.1, 0.15) is 52.2 Å². The highest BCUT2D eigenvalue weighted by molar-refractivity contribution is 5.96. The van der Waals surface area contributed by atoms with E-state index < -0.39 is 59.7 Å². The third-order valence-corrected chi connectivity index (χ3v) is 6.86. The number of nitrogens with one attached hydrogen (secondary N) is 4. The van der Waals surface area contributed by atoms with Crippen LogP contribution in [0.3, 0.4) is 0 Å². The molecule has 0 bridgehead atoms. The van der Waals surface area contributed by atoms with Crippen LogP contribution in [0, 0.1) is 11.8 Å². The summed E-state index contributed by atoms with van der Waals surface area (Å²) in [5, 5.41) is 10.9. The normalized spacial score (nSPS) is 14.6. The highest BCUT2D eigenvalue weighted by atomic mass is 16.2. The molecule has 5 amide bonds. The molecule has 0 radical (unpaired) electrons. The van der Waals surface area contributed by atoms with Gasteiger partial charge in [0.05, 0.1) is 6.04 Å². The fourth-order valence-corrected chi connectivity index (χ4v) is 4.46. The average Bonchev–Trinajstić information content (AvgIpc) is 2.95. The molecule has 43 heavy (non-hydrogen) atoms. The van der Waals surface area contributed by atoms with Gasteiger partial charge in [-0.05, 0) is 36.3 Å². The number of primary amides is 1. The summed E-state index contributed by atoms with van der Waals surface area (Å²) >= 11 is 0. The minimum Gasteiger partial charge on any atom is -0.368 e. The highest BCUT2D eigenvalue weighted by Gasteiger charge is 2.33. The van der Waals surface area contributed by atoms with Crippen LogP contribution in [0.25, 0.3) is 0 Å². The molecule has 0 spiro atoms. The number of benzene rings is 2. The molecule has 8 N–H and O–H groups in total. The van der Waals surface area contributed by atoms with Crippen LogP contribution in [-0.4, -0.2) is 59.7 Å². The Labute approximate surface area is 253 Å². The van der Waals surface area contributed by atoms with Crippen LogP contribution in [-0.2, 0) is 36.8 Å². The lowest BCUT2D eigenvalue weighted by molar-refractivity contribution is -0.135. The minimum atomic E-state index is -1.09. The second-order valence-corrected chi connectivity index (χ2v) is 11.6. The number of hydrogen-bond acceptors (Lipinski definition) is 6. The van der Waals surface area contributed by atoms with Crippen LogP contribution in [0.4, 0.5) is 0 Å². The summed E-state index contributed by atoms with van der Waals surface area (Å²) in [6, 6.07) is 13.4. The number of rotatable bonds is 16. The highest BCUT2D eigenvalue weighted by Crippen LogP contribution is 2.11. The van der Waals surface area contributed by atoms with E-state index in [2.05, 4.69) is 21.3 Å². The van der Waals surface area contributed by atoms with Crippen LogP contribution < -0.4 is 32.7 Å². The molecule has 2 aromatic carbocycles. The van der Waals surface area contributed by atoms with Gasteiger partial charge in [-0.15, -0.1) is 0 Å². The first kappa shape index (κ1) is 34.9. The van der Waals surface area contributed by atoms with E-state index in [-0.39, 0.29) is 24.7 Å². The van der Waals surface area contributed by atoms with Gasteiger partial charge < -0.3 is 32.7 Å². The zero-order valence-electron chi connectivity index (χ0n) is 25.6. The minimum absolute atomic E-state index is 0.0990. The molecule has 0 aliphatic heterocycles. The van der Waals surface area contributed by atoms with Crippen molar-refractivity contribution in [1.29, 1.82) is 0 Å². The van der Waals surface area contributed by atoms with Crippen molar-refractivity contribution >= 4 is 29.5 Å². The Morgan fingerprint density at radius 1 is 0.605 bits per heavy atom. The number of carbonyl (C=O) groups excluding carboxylic acids is 5. The first-order valence-corrected chi connectivity index (χ1v) is 14.6. The first-order chi connectivity index (χ1) is 20.3. The van der Waals surface area contributed by atoms with Crippen LogP contribution in [0.2, 0.25) is 0 Å². The number of hydrogen-bond donors (Lipinski definition) is 6. The molecule has 11 heteroatoms. The molecule has 0 aliphatic carbocycles. The fraction of sp³-hybridized carbons (Fsp3) is 0.469. The molecular formula is C32H46N6O5. The quantitative estimate of drug-likeness (QED) is 0.168. The van der Waals surface area contributed by atoms with Crippen molar-refractivity contribution in [2.75, 3.05) is 0 Å². The molecule has 0 saturated carbocycles. The van der Waals surface area contributed by atoms with Gasteiger partial charge in [0.1, 0.15) is 24.2 Å². The van der Waals surface area contributed by atoms with E-state index in [0.717, 1.165) is 11.1 Å². The van der Waals surface area contributed by atoms with Gasteiger partial charge in [-0.2, -0.15) is 0 Å². The second-order valence-electron chi connectivity index (χ2n) is 11.6. The van der Waals surface area contributed by atoms with Gasteiger partial charge in [-0.25, -0.2) is 0 Å². The predicted octanol–water partition coefficient (Wildman–Crippen LogP) is 0.946. The van der Waals surface area contributed by atoms with Gasteiger partial charge in [-0.3, -0.25) is 24.0 Å². The van der Waals surface area contributed by atoms with Crippen molar-refractivity contribution in [3.8, 4) is 0 Å². The molecule has 234 valence electrons. The van der Waals surface area contributed by atoms with Gasteiger partial charge in [-0.1, -0.05) is 88.4 Å². The summed E-state index contributed by atoms with van der Waals surface area (Å²) in [5.74, 6) is -3.15. The van der Waals surface area contributed by atoms with E-state index in [0.29, 0.717) is 6.42 Å². The SMILES string of the molecule is CC(C)C[C@@H](NC(=O)[C@H](NC(=O)[C@@H](Cc1ccccc1)NC(=O)[C@@H](Cc1ccccc1)NC(=O)[C@@H](C)N)C(C)C)C(N)=O. The van der Waals surface area contributed by atoms with E-state index in [1.54, 1.807) is 13.8 Å². The summed E-state index contributed by atoms with van der Waals surface area (Å²) in [6.07, 6.45) is 0.649. The van der Waals surface area contributed by atoms with Gasteiger partial charge in [0, 0.05) is 12.8 Å². The van der Waals surface area contributed by atoms with Crippen molar-refractivity contribution in [2.45, 2.75) is 84.1 Å². The predicted molar refractivity (Wildman–Crippen MR) is 165 cm³/mol. The third kappa shape index (κ3) is 11.9. The van der Waals surface area contributed by atoms with Crippen LogP contribution in [0.15, 0.2) is 60.7 Å². The molecule has 0 aromatic heterocycles. The summed E-state index contributed by atoms with van der Waals surface area (Å²) in [7, 11) is 0. The molecule has 0 heterocycles. The summed E-state index contributed by atoms with van der Waals surface area (Å²) in [4.78, 5) is 65.0. The maximum atomic E-state index is 13.7. The summed E-state index contributed by atoms with van der Waals surface area (Å²) in [6.45, 7) is 8.84. The van der Waals surface area contributed by atoms with E-state index in [1.165, 1.54) is 6.92 Å². The smallest absolute Gasteiger partial charge is 0.243 e. The van der Waals surface area contributed by atoms with Gasteiger partial charge in [0.15, 0.2) is 0 Å². The Hall–Kier alpha value is -4.25. The Kier molecular flexibility index (Phi) is 13.8. The number of carbonyl (C=O) groups is 5. The molecule has 0 aliphatic rings. The van der Waals surface area contributed by atoms with E-state index >= 15 is 0 Å². The molecule has 0 fully saturated rings. The third-order valence-electron chi connectivity index (χ3n) is 6.86. The molecule has 0 saturated heterocycles. The molecular weight excluding hydrogens is 548 g/mol. The van der Waals surface area contributed by atoms with Crippen LogP contribution >= 0.6 is 0 Å². The van der Waals surface area contributed by atoms with Crippen molar-refractivity contribution in [2.24, 2.45) is 23.3 Å². The monoisotopic (exact) mass is 594 g/mol. The molecule has 2 rings (SSSR count). The zero-order valence-corrected chi connectivity index (χ0v) is 25.6. The Bertz CT molecular complexity index is 1220. The van der Waals surface area contributed by atoms with Crippen molar-refractivity contribution < 1.29 is 24.0 Å². The zero-order chi connectivity index (χ0) is 32.1. The van der Waals surface area contributed by atoms with Gasteiger partial charge in [0.25, 0.3) is 0 Å². The lowest BCUT2D eigenvalue weighted by Crippen LogP contribution is -2.60. The van der Waals surface area contributed by atoms with Crippen molar-refractivity contribution in [1.82, 2.24) is 21.3 Å². The Morgan fingerprint density at radius 2 is 1.02 bits per heavy atom. The molecule has 5 atom stereocenters. The topological polar surface area (TPSA) is 186 Å². The largest absolute Gasteiger partial charge is 0.368 e. The molecule has 0 unspecified atom stereocenters. The Balaban J connectivity index is 2.32.